The van der Waals surface area contributed by atoms with Gasteiger partial charge in [-0.2, -0.15) is 8.42 Å². The molecular formula is C12H10KO3S. The van der Waals surface area contributed by atoms with E-state index in [4.69, 9.17) is 0 Å². The van der Waals surface area contributed by atoms with Crippen molar-refractivity contribution in [3.63, 3.8) is 0 Å². The molecule has 83 valence electrons. The smallest absolute Gasteiger partial charge is 0.339 e. The average Bonchev–Trinajstić information content (AvgIpc) is 2.28. The zero-order valence-electron chi connectivity index (χ0n) is 9.46. The molecule has 1 radical (unpaired) electrons. The van der Waals surface area contributed by atoms with Crippen molar-refractivity contribution in [3.05, 3.63) is 55.3 Å². The number of hydrogen-bond donors (Lipinski definition) is 0. The van der Waals surface area contributed by atoms with Gasteiger partial charge in [0.25, 0.3) is 0 Å². The summed E-state index contributed by atoms with van der Waals surface area (Å²) >= 11 is 0. The summed E-state index contributed by atoms with van der Waals surface area (Å²) in [7, 11) is -3.75. The third kappa shape index (κ3) is 3.18. The number of fused-ring (bicyclic) bond motifs is 1. The molecule has 0 aromatic heterocycles. The third-order valence-electron chi connectivity index (χ3n) is 2.21. The van der Waals surface area contributed by atoms with Gasteiger partial charge in [0, 0.05) is 56.8 Å². The number of rotatable bonds is 3. The molecule has 5 heteroatoms. The Morgan fingerprint density at radius 2 is 1.71 bits per heavy atom. The van der Waals surface area contributed by atoms with E-state index in [9.17, 15) is 8.42 Å². The summed E-state index contributed by atoms with van der Waals surface area (Å²) in [6.07, 6.45) is 0.914. The van der Waals surface area contributed by atoms with E-state index in [0.717, 1.165) is 11.6 Å². The number of benzene rings is 2. The van der Waals surface area contributed by atoms with Crippen LogP contribution in [0.1, 0.15) is 0 Å². The molecule has 0 aliphatic rings. The molecule has 0 saturated heterocycles. The molecule has 0 heterocycles. The normalized spacial score (nSPS) is 10.6. The van der Waals surface area contributed by atoms with E-state index < -0.39 is 10.1 Å². The molecule has 2 rings (SSSR count). The summed E-state index contributed by atoms with van der Waals surface area (Å²) in [6, 6.07) is 12.3. The molecule has 0 saturated carbocycles. The monoisotopic (exact) mass is 273 g/mol. The largest absolute Gasteiger partial charge is 0.388 e. The first kappa shape index (κ1) is 14.9. The Labute approximate surface area is 143 Å². The zero-order chi connectivity index (χ0) is 11.6. The van der Waals surface area contributed by atoms with Crippen LogP contribution in [0.3, 0.4) is 0 Å². The molecule has 17 heavy (non-hydrogen) atoms. The van der Waals surface area contributed by atoms with Crippen molar-refractivity contribution < 1.29 is 12.6 Å². The molecule has 0 bridgehead atoms. The molecule has 0 aliphatic carbocycles. The molecule has 2 aromatic rings. The third-order valence-corrected chi connectivity index (χ3v) is 3.50. The first-order valence-corrected chi connectivity index (χ1v) is 6.08. The molecule has 0 N–H and O–H groups in total. The minimum atomic E-state index is -3.75. The van der Waals surface area contributed by atoms with Crippen LogP contribution in [0.2, 0.25) is 0 Å². The van der Waals surface area contributed by atoms with Gasteiger partial charge in [0.05, 0.1) is 6.26 Å². The quantitative estimate of drug-likeness (QED) is 0.489. The Morgan fingerprint density at radius 3 is 2.41 bits per heavy atom. The van der Waals surface area contributed by atoms with Crippen LogP contribution in [0.15, 0.2) is 60.2 Å². The molecule has 3 nitrogen and oxygen atoms in total. The topological polar surface area (TPSA) is 43.4 Å². The fourth-order valence-electron chi connectivity index (χ4n) is 1.56. The molecule has 0 unspecified atom stereocenters. The molecule has 0 atom stereocenters. The summed E-state index contributed by atoms with van der Waals surface area (Å²) in [5.74, 6) is 0. The first-order valence-electron chi connectivity index (χ1n) is 4.67. The van der Waals surface area contributed by atoms with Crippen LogP contribution in [-0.2, 0) is 14.3 Å². The van der Waals surface area contributed by atoms with Gasteiger partial charge in [0.2, 0.25) is 0 Å². The van der Waals surface area contributed by atoms with Crippen molar-refractivity contribution in [2.24, 2.45) is 0 Å². The second-order valence-electron chi connectivity index (χ2n) is 3.19. The van der Waals surface area contributed by atoms with Gasteiger partial charge in [0.1, 0.15) is 4.90 Å². The van der Waals surface area contributed by atoms with Crippen molar-refractivity contribution in [2.45, 2.75) is 4.90 Å². The van der Waals surface area contributed by atoms with Crippen molar-refractivity contribution in [1.29, 1.82) is 0 Å². The molecule has 0 aliphatic heterocycles. The van der Waals surface area contributed by atoms with Crippen molar-refractivity contribution in [1.82, 2.24) is 0 Å². The van der Waals surface area contributed by atoms with Gasteiger partial charge in [-0.15, -0.1) is 0 Å². The molecule has 2 aromatic carbocycles. The van der Waals surface area contributed by atoms with Crippen LogP contribution in [0.25, 0.3) is 10.8 Å². The fourth-order valence-corrected chi connectivity index (χ4v) is 2.54. The van der Waals surface area contributed by atoms with Gasteiger partial charge >= 0.3 is 10.1 Å². The summed E-state index contributed by atoms with van der Waals surface area (Å²) in [5.41, 5.74) is 0. The molecule has 0 fully saturated rings. The summed E-state index contributed by atoms with van der Waals surface area (Å²) in [5, 5.41) is 1.50. The van der Waals surface area contributed by atoms with Crippen LogP contribution in [0.5, 0.6) is 0 Å². The van der Waals surface area contributed by atoms with Crippen LogP contribution >= 0.6 is 0 Å². The first-order chi connectivity index (χ1) is 7.65. The molecular weight excluding hydrogens is 263 g/mol. The van der Waals surface area contributed by atoms with Gasteiger partial charge in [-0.25, -0.2) is 0 Å². The summed E-state index contributed by atoms with van der Waals surface area (Å²) in [4.78, 5) is 0.158. The van der Waals surface area contributed by atoms with Crippen molar-refractivity contribution in [2.75, 3.05) is 0 Å². The Balaban J connectivity index is 0.00000144. The van der Waals surface area contributed by atoms with E-state index in [1.165, 1.54) is 6.07 Å². The minimum absolute atomic E-state index is 0. The maximum atomic E-state index is 11.8. The number of hydrogen-bond acceptors (Lipinski definition) is 3. The summed E-state index contributed by atoms with van der Waals surface area (Å²) in [6.45, 7) is 3.25. The van der Waals surface area contributed by atoms with E-state index in [1.54, 1.807) is 18.2 Å². The van der Waals surface area contributed by atoms with Gasteiger partial charge in [-0.3, -0.25) is 0 Å². The van der Waals surface area contributed by atoms with Crippen molar-refractivity contribution >= 4 is 72.3 Å². The zero-order valence-corrected chi connectivity index (χ0v) is 13.4. The summed E-state index contributed by atoms with van der Waals surface area (Å²) < 4.78 is 28.1. The Hall–Kier alpha value is -0.174. The van der Waals surface area contributed by atoms with Crippen LogP contribution < -0.4 is 0 Å². The van der Waals surface area contributed by atoms with Crippen LogP contribution in [-0.4, -0.2) is 59.8 Å². The second kappa shape index (κ2) is 6.13. The van der Waals surface area contributed by atoms with E-state index in [2.05, 4.69) is 10.8 Å². The van der Waals surface area contributed by atoms with E-state index in [-0.39, 0.29) is 56.3 Å². The predicted octanol–water partition coefficient (Wildman–Crippen LogP) is 2.31. The van der Waals surface area contributed by atoms with Gasteiger partial charge < -0.3 is 4.18 Å². The Morgan fingerprint density at radius 1 is 1.06 bits per heavy atom. The molecule has 0 amide bonds. The maximum Gasteiger partial charge on any atom is 0.339 e. The minimum Gasteiger partial charge on any atom is -0.388 e. The Kier molecular flexibility index (Phi) is 5.37. The Bertz CT molecular complexity index is 630. The van der Waals surface area contributed by atoms with E-state index >= 15 is 0 Å². The van der Waals surface area contributed by atoms with E-state index in [0.29, 0.717) is 5.39 Å². The average molecular weight is 273 g/mol. The molecule has 0 spiro atoms. The standard InChI is InChI=1S/C12H10O3S.K/c1-2-15-16(13,14)12-9-5-7-10-6-3-4-8-11(10)12;/h2-9H,1H2;. The van der Waals surface area contributed by atoms with Crippen LogP contribution in [0.4, 0.5) is 0 Å². The second-order valence-corrected chi connectivity index (χ2v) is 4.73. The van der Waals surface area contributed by atoms with Gasteiger partial charge in [-0.1, -0.05) is 43.0 Å². The van der Waals surface area contributed by atoms with E-state index in [1.807, 2.05) is 18.2 Å². The van der Waals surface area contributed by atoms with Gasteiger partial charge in [0.15, 0.2) is 0 Å². The van der Waals surface area contributed by atoms with Crippen LogP contribution in [0, 0.1) is 0 Å². The predicted molar refractivity (Wildman–Crippen MR) is 68.2 cm³/mol. The maximum absolute atomic E-state index is 11.8. The fraction of sp³-hybridized carbons (Fsp3) is 0. The van der Waals surface area contributed by atoms with Gasteiger partial charge in [-0.05, 0) is 11.5 Å². The van der Waals surface area contributed by atoms with Crippen molar-refractivity contribution in [3.8, 4) is 0 Å². The SMILES string of the molecule is C=COS(=O)(=O)c1cccc2ccccc12.[K].